The highest BCUT2D eigenvalue weighted by molar-refractivity contribution is 5.97. The number of benzene rings is 1. The van der Waals surface area contributed by atoms with Crippen molar-refractivity contribution < 1.29 is 18.7 Å². The minimum absolute atomic E-state index is 0.0182. The van der Waals surface area contributed by atoms with Crippen LogP contribution >= 0.6 is 0 Å². The van der Waals surface area contributed by atoms with Gasteiger partial charge >= 0.3 is 5.97 Å². The normalized spacial score (nSPS) is 14.0. The molecule has 23 heavy (non-hydrogen) atoms. The summed E-state index contributed by atoms with van der Waals surface area (Å²) in [4.78, 5) is 23.5. The number of nitrogens with zero attached hydrogens (tertiary/aromatic N) is 2. The van der Waals surface area contributed by atoms with Gasteiger partial charge in [-0.2, -0.15) is 10.2 Å². The van der Waals surface area contributed by atoms with Gasteiger partial charge in [0.05, 0.1) is 12.7 Å². The predicted octanol–water partition coefficient (Wildman–Crippen LogP) is 2.31. The van der Waals surface area contributed by atoms with E-state index in [1.54, 1.807) is 0 Å². The standard InChI is InChI=1S/C16H16FN3O3/c1-3-4-5-16(19-20-16)6-7-18-14(21)11-8-12(15(22)23-2)10-13(17)9-11/h1,8-10H,4-7H2,2H3,(H,18,21). The second kappa shape index (κ2) is 7.01. The molecule has 0 aliphatic carbocycles. The monoisotopic (exact) mass is 317 g/mol. The zero-order valence-corrected chi connectivity index (χ0v) is 12.6. The van der Waals surface area contributed by atoms with Crippen LogP contribution in [-0.4, -0.2) is 31.2 Å². The van der Waals surface area contributed by atoms with Gasteiger partial charge in [0.2, 0.25) is 0 Å². The van der Waals surface area contributed by atoms with Crippen LogP contribution in [0.3, 0.4) is 0 Å². The molecular weight excluding hydrogens is 301 g/mol. The lowest BCUT2D eigenvalue weighted by Gasteiger charge is -2.10. The molecule has 7 heteroatoms. The first kappa shape index (κ1) is 16.6. The largest absolute Gasteiger partial charge is 0.465 e. The van der Waals surface area contributed by atoms with Crippen LogP contribution in [0.1, 0.15) is 40.0 Å². The number of halogens is 1. The molecule has 1 aliphatic heterocycles. The topological polar surface area (TPSA) is 80.1 Å². The Morgan fingerprint density at radius 1 is 1.30 bits per heavy atom. The number of esters is 1. The molecule has 1 aromatic rings. The second-order valence-electron chi connectivity index (χ2n) is 5.11. The highest BCUT2D eigenvalue weighted by Crippen LogP contribution is 2.36. The molecule has 6 nitrogen and oxygen atoms in total. The molecule has 1 heterocycles. The summed E-state index contributed by atoms with van der Waals surface area (Å²) in [7, 11) is 1.19. The van der Waals surface area contributed by atoms with Crippen molar-refractivity contribution in [2.45, 2.75) is 24.9 Å². The van der Waals surface area contributed by atoms with Crippen LogP contribution in [0.2, 0.25) is 0 Å². The van der Waals surface area contributed by atoms with E-state index in [1.165, 1.54) is 13.2 Å². The summed E-state index contributed by atoms with van der Waals surface area (Å²) < 4.78 is 18.0. The van der Waals surface area contributed by atoms with Gasteiger partial charge in [-0.1, -0.05) is 0 Å². The molecule has 0 bridgehead atoms. The smallest absolute Gasteiger partial charge is 0.337 e. The maximum atomic E-state index is 13.5. The van der Waals surface area contributed by atoms with Crippen molar-refractivity contribution in [3.8, 4) is 12.3 Å². The van der Waals surface area contributed by atoms with E-state index in [0.29, 0.717) is 25.8 Å². The van der Waals surface area contributed by atoms with E-state index >= 15 is 0 Å². The van der Waals surface area contributed by atoms with E-state index < -0.39 is 23.4 Å². The van der Waals surface area contributed by atoms with E-state index in [2.05, 4.69) is 26.2 Å². The summed E-state index contributed by atoms with van der Waals surface area (Å²) in [5, 5.41) is 10.6. The molecule has 1 aromatic carbocycles. The third-order valence-corrected chi connectivity index (χ3v) is 3.44. The molecule has 2 rings (SSSR count). The fourth-order valence-electron chi connectivity index (χ4n) is 2.10. The number of carbonyl (C=O) groups is 2. The van der Waals surface area contributed by atoms with Crippen molar-refractivity contribution >= 4 is 11.9 Å². The number of hydrogen-bond acceptors (Lipinski definition) is 5. The van der Waals surface area contributed by atoms with Crippen LogP contribution in [0.25, 0.3) is 0 Å². The van der Waals surface area contributed by atoms with Crippen molar-refractivity contribution in [3.63, 3.8) is 0 Å². The Labute approximate surface area is 133 Å². The third kappa shape index (κ3) is 4.36. The quantitative estimate of drug-likeness (QED) is 0.619. The van der Waals surface area contributed by atoms with Crippen molar-refractivity contribution in [1.29, 1.82) is 0 Å². The Morgan fingerprint density at radius 2 is 2.00 bits per heavy atom. The molecule has 0 spiro atoms. The van der Waals surface area contributed by atoms with Gasteiger partial charge < -0.3 is 10.1 Å². The fraction of sp³-hybridized carbons (Fsp3) is 0.375. The van der Waals surface area contributed by atoms with Gasteiger partial charge in [-0.3, -0.25) is 4.79 Å². The summed E-state index contributed by atoms with van der Waals surface area (Å²) >= 11 is 0. The van der Waals surface area contributed by atoms with Gasteiger partial charge in [0.15, 0.2) is 5.66 Å². The minimum atomic E-state index is -0.706. The van der Waals surface area contributed by atoms with E-state index in [4.69, 9.17) is 6.42 Å². The van der Waals surface area contributed by atoms with Gasteiger partial charge in [-0.05, 0) is 18.2 Å². The van der Waals surface area contributed by atoms with Crippen molar-refractivity contribution in [1.82, 2.24) is 5.32 Å². The fourth-order valence-corrected chi connectivity index (χ4v) is 2.10. The zero-order chi connectivity index (χ0) is 16.9. The van der Waals surface area contributed by atoms with Crippen LogP contribution in [0.5, 0.6) is 0 Å². The first-order valence-corrected chi connectivity index (χ1v) is 7.04. The lowest BCUT2D eigenvalue weighted by Crippen LogP contribution is -2.28. The Morgan fingerprint density at radius 3 is 2.61 bits per heavy atom. The number of hydrogen-bond donors (Lipinski definition) is 1. The zero-order valence-electron chi connectivity index (χ0n) is 12.6. The van der Waals surface area contributed by atoms with Crippen molar-refractivity contribution in [2.75, 3.05) is 13.7 Å². The Kier molecular flexibility index (Phi) is 5.06. The van der Waals surface area contributed by atoms with E-state index in [-0.39, 0.29) is 11.1 Å². The minimum Gasteiger partial charge on any atom is -0.465 e. The van der Waals surface area contributed by atoms with E-state index in [0.717, 1.165) is 12.1 Å². The molecule has 1 aliphatic rings. The number of amides is 1. The molecule has 0 saturated carbocycles. The maximum Gasteiger partial charge on any atom is 0.337 e. The summed E-state index contributed by atoms with van der Waals surface area (Å²) in [6.07, 6.45) is 6.94. The summed E-state index contributed by atoms with van der Waals surface area (Å²) in [5.74, 6) is 0.650. The highest BCUT2D eigenvalue weighted by atomic mass is 19.1. The van der Waals surface area contributed by atoms with Crippen LogP contribution in [-0.2, 0) is 4.74 Å². The Balaban J connectivity index is 1.92. The van der Waals surface area contributed by atoms with E-state index in [1.807, 2.05) is 0 Å². The molecule has 1 amide bonds. The first-order valence-electron chi connectivity index (χ1n) is 7.04. The van der Waals surface area contributed by atoms with Gasteiger partial charge in [-0.25, -0.2) is 9.18 Å². The van der Waals surface area contributed by atoms with Crippen LogP contribution in [0.4, 0.5) is 4.39 Å². The number of ether oxygens (including phenoxy) is 1. The summed E-state index contributed by atoms with van der Waals surface area (Å²) in [5.41, 5.74) is -0.457. The molecule has 120 valence electrons. The lowest BCUT2D eigenvalue weighted by molar-refractivity contribution is 0.0600. The SMILES string of the molecule is C#CCCC1(CCNC(=O)c2cc(F)cc(C(=O)OC)c2)N=N1. The molecule has 0 saturated heterocycles. The lowest BCUT2D eigenvalue weighted by atomic mass is 10.0. The number of terminal acetylenes is 1. The van der Waals surface area contributed by atoms with Crippen molar-refractivity contribution in [3.05, 3.63) is 35.1 Å². The number of rotatable bonds is 7. The molecule has 1 N–H and O–H groups in total. The molecule has 0 radical (unpaired) electrons. The maximum absolute atomic E-state index is 13.5. The number of nitrogens with one attached hydrogen (secondary N) is 1. The van der Waals surface area contributed by atoms with Gasteiger partial charge in [0.25, 0.3) is 5.91 Å². The Bertz CT molecular complexity index is 688. The Hall–Kier alpha value is -2.75. The van der Waals surface area contributed by atoms with Crippen LogP contribution in [0, 0.1) is 18.2 Å². The van der Waals surface area contributed by atoms with Gasteiger partial charge in [0.1, 0.15) is 5.82 Å². The highest BCUT2D eigenvalue weighted by Gasteiger charge is 2.38. The van der Waals surface area contributed by atoms with Crippen LogP contribution < -0.4 is 5.32 Å². The molecular formula is C16H16FN3O3. The van der Waals surface area contributed by atoms with Gasteiger partial charge in [-0.15, -0.1) is 12.3 Å². The molecule has 0 fully saturated rings. The van der Waals surface area contributed by atoms with Gasteiger partial charge in [0, 0.05) is 31.4 Å². The average Bonchev–Trinajstić information content (AvgIpc) is 3.31. The number of carbonyl (C=O) groups excluding carboxylic acids is 2. The molecule has 0 unspecified atom stereocenters. The molecule has 0 aromatic heterocycles. The third-order valence-electron chi connectivity index (χ3n) is 3.44. The second-order valence-corrected chi connectivity index (χ2v) is 5.11. The van der Waals surface area contributed by atoms with E-state index in [9.17, 15) is 14.0 Å². The first-order chi connectivity index (χ1) is 11.0. The number of methoxy groups -OCH3 is 1. The predicted molar refractivity (Wildman–Crippen MR) is 80.3 cm³/mol. The van der Waals surface area contributed by atoms with Crippen LogP contribution in [0.15, 0.2) is 28.4 Å². The summed E-state index contributed by atoms with van der Waals surface area (Å²) in [6, 6.07) is 3.35. The van der Waals surface area contributed by atoms with Crippen molar-refractivity contribution in [2.24, 2.45) is 10.2 Å². The average molecular weight is 317 g/mol. The molecule has 0 atom stereocenters. The summed E-state index contributed by atoms with van der Waals surface area (Å²) in [6.45, 7) is 0.320.